The maximum absolute atomic E-state index is 11.0. The molecule has 55 valence electrons. The third-order valence-electron chi connectivity index (χ3n) is 1.33. The average Bonchev–Trinajstić information content (AvgIpc) is 2.04. The van der Waals surface area contributed by atoms with Gasteiger partial charge in [-0.25, -0.2) is 0 Å². The Bertz CT molecular complexity index is 271. The van der Waals surface area contributed by atoms with Crippen LogP contribution in [0.15, 0.2) is 24.3 Å². The number of hydrogen-bond donors (Lipinski definition) is 0. The van der Waals surface area contributed by atoms with Gasteiger partial charge in [0, 0.05) is 0 Å². The van der Waals surface area contributed by atoms with Gasteiger partial charge in [-0.15, -0.1) is 0 Å². The molecule has 0 atom stereocenters. The molecule has 3 heteroatoms. The summed E-state index contributed by atoms with van der Waals surface area (Å²) in [6.07, 6.45) is 0. The summed E-state index contributed by atoms with van der Waals surface area (Å²) < 4.78 is 5.63. The molecule has 3 radical (unpaired) electrons. The van der Waals surface area contributed by atoms with Crippen LogP contribution in [0.5, 0.6) is 0 Å². The summed E-state index contributed by atoms with van der Waals surface area (Å²) in [5, 5.41) is 0. The third-order valence-corrected chi connectivity index (χ3v) is 2.58. The normalized spacial score (nSPS) is 9.27. The zero-order chi connectivity index (χ0) is 8.27. The summed E-state index contributed by atoms with van der Waals surface area (Å²) in [6.45, 7) is 0. The number of methoxy groups -OCH3 is 1. The molecule has 0 saturated carbocycles. The van der Waals surface area contributed by atoms with E-state index in [1.807, 2.05) is 18.2 Å². The number of rotatable bonds is 1. The molecule has 0 N–H and O–H groups in total. The summed E-state index contributed by atoms with van der Waals surface area (Å²) in [5.74, 6) is -0.252. The van der Waals surface area contributed by atoms with E-state index in [9.17, 15) is 4.79 Å². The van der Waals surface area contributed by atoms with E-state index in [1.54, 1.807) is 6.07 Å². The zero-order valence-corrected chi connectivity index (χ0v) is 8.98. The van der Waals surface area contributed by atoms with Gasteiger partial charge in [-0.1, -0.05) is 0 Å². The fraction of sp³-hybridized carbons (Fsp3) is 0.125. The van der Waals surface area contributed by atoms with E-state index in [1.165, 1.54) is 29.6 Å². The van der Waals surface area contributed by atoms with Gasteiger partial charge in [0.05, 0.1) is 0 Å². The first-order valence-corrected chi connectivity index (χ1v) is 4.57. The van der Waals surface area contributed by atoms with E-state index < -0.39 is 0 Å². The van der Waals surface area contributed by atoms with Crippen LogP contribution in [0.1, 0.15) is 10.4 Å². The number of esters is 1. The van der Waals surface area contributed by atoms with Crippen LogP contribution in [0, 0.1) is 0 Å². The molecule has 0 amide bonds. The van der Waals surface area contributed by atoms with Crippen molar-refractivity contribution in [3.63, 3.8) is 0 Å². The average molecular weight is 254 g/mol. The van der Waals surface area contributed by atoms with Crippen LogP contribution >= 0.6 is 0 Å². The molecule has 2 nitrogen and oxygen atoms in total. The van der Waals surface area contributed by atoms with Crippen LogP contribution in [0.25, 0.3) is 0 Å². The number of ether oxygens (including phenoxy) is 1. The molecule has 0 bridgehead atoms. The Morgan fingerprint density at radius 2 is 2.09 bits per heavy atom. The summed E-state index contributed by atoms with van der Waals surface area (Å²) >= 11 is 1.23. The van der Waals surface area contributed by atoms with Crippen molar-refractivity contribution in [2.45, 2.75) is 0 Å². The summed E-state index contributed by atoms with van der Waals surface area (Å²) in [6, 6.07) is 7.44. The van der Waals surface area contributed by atoms with Crippen LogP contribution in [0.4, 0.5) is 0 Å². The SMILES string of the molecule is COC(=O)c1cccc[c]1[Sn]. The Balaban J connectivity index is 3.03. The van der Waals surface area contributed by atoms with Crippen molar-refractivity contribution in [1.82, 2.24) is 0 Å². The molecule has 0 aliphatic carbocycles. The molecule has 0 unspecified atom stereocenters. The summed E-state index contributed by atoms with van der Waals surface area (Å²) in [5.41, 5.74) is 0.674. The summed E-state index contributed by atoms with van der Waals surface area (Å²) in [4.78, 5) is 11.0. The number of carbonyl (C=O) groups is 1. The Kier molecular flexibility index (Phi) is 2.93. The second kappa shape index (κ2) is 3.76. The fourth-order valence-electron chi connectivity index (χ4n) is 0.771. The molecule has 0 aliphatic heterocycles. The van der Waals surface area contributed by atoms with Crippen molar-refractivity contribution in [3.05, 3.63) is 29.8 Å². The van der Waals surface area contributed by atoms with Crippen LogP contribution < -0.4 is 3.58 Å². The minimum atomic E-state index is -0.252. The van der Waals surface area contributed by atoms with E-state index in [0.29, 0.717) is 5.56 Å². The molecular weight excluding hydrogens is 247 g/mol. The Labute approximate surface area is 78.6 Å². The van der Waals surface area contributed by atoms with E-state index in [0.717, 1.165) is 3.58 Å². The van der Waals surface area contributed by atoms with Crippen molar-refractivity contribution in [2.24, 2.45) is 0 Å². The number of hydrogen-bond acceptors (Lipinski definition) is 2. The Hall–Kier alpha value is -0.511. The van der Waals surface area contributed by atoms with Gasteiger partial charge in [-0.3, -0.25) is 0 Å². The molecule has 1 aromatic rings. The first-order valence-electron chi connectivity index (χ1n) is 3.14. The maximum atomic E-state index is 11.0. The second-order valence-electron chi connectivity index (χ2n) is 2.04. The van der Waals surface area contributed by atoms with Gasteiger partial charge in [-0.05, 0) is 0 Å². The van der Waals surface area contributed by atoms with E-state index in [4.69, 9.17) is 0 Å². The molecule has 0 saturated heterocycles. The predicted octanol–water partition coefficient (Wildman–Crippen LogP) is 0.267. The molecule has 0 spiro atoms. The van der Waals surface area contributed by atoms with Crippen molar-refractivity contribution in [1.29, 1.82) is 0 Å². The Morgan fingerprint density at radius 3 is 2.64 bits per heavy atom. The van der Waals surface area contributed by atoms with Crippen molar-refractivity contribution in [3.8, 4) is 0 Å². The molecule has 0 heterocycles. The van der Waals surface area contributed by atoms with Crippen LogP contribution in [-0.2, 0) is 4.74 Å². The molecule has 0 aromatic heterocycles. The van der Waals surface area contributed by atoms with Crippen LogP contribution in [0.3, 0.4) is 0 Å². The van der Waals surface area contributed by atoms with Gasteiger partial charge in [0.1, 0.15) is 0 Å². The summed E-state index contributed by atoms with van der Waals surface area (Å²) in [7, 11) is 1.39. The van der Waals surface area contributed by atoms with Gasteiger partial charge in [0.25, 0.3) is 0 Å². The standard InChI is InChI=1S/C8H7O2.Sn/c1-10-8(9)7-5-3-2-4-6-7;/h2-5H,1H3;. The molecule has 1 rings (SSSR count). The predicted molar refractivity (Wildman–Crippen MR) is 43.2 cm³/mol. The van der Waals surface area contributed by atoms with Crippen molar-refractivity contribution >= 4 is 32.1 Å². The monoisotopic (exact) mass is 255 g/mol. The second-order valence-corrected chi connectivity index (χ2v) is 3.57. The zero-order valence-electron chi connectivity index (χ0n) is 6.13. The van der Waals surface area contributed by atoms with Gasteiger partial charge < -0.3 is 0 Å². The molecule has 11 heavy (non-hydrogen) atoms. The quantitative estimate of drug-likeness (QED) is 0.531. The van der Waals surface area contributed by atoms with Gasteiger partial charge in [-0.2, -0.15) is 0 Å². The molecular formula is C8H7O2Sn. The van der Waals surface area contributed by atoms with E-state index in [-0.39, 0.29) is 5.97 Å². The number of benzene rings is 1. The molecule has 0 aliphatic rings. The van der Waals surface area contributed by atoms with Gasteiger partial charge in [0.2, 0.25) is 0 Å². The van der Waals surface area contributed by atoms with Crippen molar-refractivity contribution < 1.29 is 9.53 Å². The van der Waals surface area contributed by atoms with Gasteiger partial charge in [0.15, 0.2) is 0 Å². The van der Waals surface area contributed by atoms with Crippen LogP contribution in [-0.4, -0.2) is 35.6 Å². The Morgan fingerprint density at radius 1 is 1.45 bits per heavy atom. The molecule has 0 fully saturated rings. The fourth-order valence-corrected chi connectivity index (χ4v) is 1.57. The number of carbonyl (C=O) groups excluding carboxylic acids is 1. The first kappa shape index (κ1) is 8.58. The topological polar surface area (TPSA) is 26.3 Å². The minimum absolute atomic E-state index is 0.252. The van der Waals surface area contributed by atoms with E-state index in [2.05, 4.69) is 4.74 Å². The van der Waals surface area contributed by atoms with Crippen molar-refractivity contribution in [2.75, 3.05) is 7.11 Å². The third kappa shape index (κ3) is 1.96. The first-order chi connectivity index (χ1) is 5.25. The molecule has 1 aromatic carbocycles. The van der Waals surface area contributed by atoms with Gasteiger partial charge >= 0.3 is 78.5 Å². The van der Waals surface area contributed by atoms with E-state index >= 15 is 0 Å². The van der Waals surface area contributed by atoms with Crippen LogP contribution in [0.2, 0.25) is 0 Å².